The zero-order valence-electron chi connectivity index (χ0n) is 30.5. The number of aliphatic hydroxyl groups excluding tert-OH is 1. The molecule has 9 atom stereocenters. The van der Waals surface area contributed by atoms with Crippen LogP contribution in [0.5, 0.6) is 11.5 Å². The number of Topliss-reactive ketones (excluding diaryl/α,β-unsaturated/α-hetero) is 1. The predicted molar refractivity (Wildman–Crippen MR) is 190 cm³/mol. The molecule has 6 aliphatic carbocycles. The van der Waals surface area contributed by atoms with E-state index in [0.29, 0.717) is 43.3 Å². The Balaban J connectivity index is 1.15. The SMILES string of the molecule is COc1ccc(CC(=O)N(C[C@H]2CCCO2)C[C@]2(O)CC[C@H]3[C@]45C=C[C@@]6(C=C4C(=O)c4ccco4)CC(O)CC[C@]6(C)[C@H]5CC[C@@]32C)cc1OC. The summed E-state index contributed by atoms with van der Waals surface area (Å²) in [6.07, 6.45) is 15.0. The van der Waals surface area contributed by atoms with Crippen molar-refractivity contribution in [3.63, 3.8) is 0 Å². The summed E-state index contributed by atoms with van der Waals surface area (Å²) < 4.78 is 22.7. The number of carbonyl (C=O) groups is 2. The number of amides is 1. The number of hydrogen-bond acceptors (Lipinski definition) is 8. The molecule has 9 heteroatoms. The number of furan rings is 1. The van der Waals surface area contributed by atoms with Crippen molar-refractivity contribution in [2.24, 2.45) is 33.5 Å². The molecule has 274 valence electrons. The number of aliphatic hydroxyl groups is 2. The fourth-order valence-electron chi connectivity index (χ4n) is 12.0. The molecule has 2 heterocycles. The molecule has 3 saturated carbocycles. The van der Waals surface area contributed by atoms with Gasteiger partial charge in [0.2, 0.25) is 11.7 Å². The molecular weight excluding hydrogens is 646 g/mol. The number of ether oxygens (including phenoxy) is 3. The number of rotatable bonds is 10. The number of hydrogen-bond donors (Lipinski definition) is 2. The van der Waals surface area contributed by atoms with Crippen molar-refractivity contribution >= 4 is 11.7 Å². The van der Waals surface area contributed by atoms with E-state index in [2.05, 4.69) is 32.1 Å². The van der Waals surface area contributed by atoms with Gasteiger partial charge in [0.15, 0.2) is 17.3 Å². The number of allylic oxidation sites excluding steroid dienone is 4. The molecule has 1 aromatic heterocycles. The summed E-state index contributed by atoms with van der Waals surface area (Å²) in [6.45, 7) is 5.90. The lowest BCUT2D eigenvalue weighted by molar-refractivity contribution is -0.179. The first-order chi connectivity index (χ1) is 24.4. The van der Waals surface area contributed by atoms with Gasteiger partial charge >= 0.3 is 0 Å². The highest BCUT2D eigenvalue weighted by atomic mass is 16.5. The minimum atomic E-state index is -1.18. The zero-order chi connectivity index (χ0) is 35.8. The Hall–Kier alpha value is -3.40. The first-order valence-electron chi connectivity index (χ1n) is 18.9. The van der Waals surface area contributed by atoms with Crippen molar-refractivity contribution in [2.75, 3.05) is 33.9 Å². The van der Waals surface area contributed by atoms with Crippen LogP contribution in [0, 0.1) is 33.5 Å². The van der Waals surface area contributed by atoms with Gasteiger partial charge in [-0.25, -0.2) is 0 Å². The van der Waals surface area contributed by atoms with Crippen LogP contribution >= 0.6 is 0 Å². The smallest absolute Gasteiger partial charge is 0.227 e. The standard InChI is InChI=1S/C42H53NO8/c1-38-14-11-28(44)23-40(38)17-18-42(30(24-40)37(46)32-8-6-20-51-32)34(38)12-15-39(2)35(42)13-16-41(39,47)26-43(25-29-7-5-19-50-29)36(45)22-27-9-10-31(48-3)33(21-27)49-4/h6,8-10,17-18,20-21,24,28-29,34-35,44,47H,5,7,11-16,19,22-23,25-26H2,1-4H3/t28?,29-,34-,35-,38-,39+,40+,41-,42-/m1/s1. The second-order valence-corrected chi connectivity index (χ2v) is 16.9. The average Bonchev–Trinajstić information content (AvgIpc) is 3.90. The van der Waals surface area contributed by atoms with Crippen LogP contribution < -0.4 is 9.47 Å². The van der Waals surface area contributed by atoms with Crippen molar-refractivity contribution in [1.82, 2.24) is 4.90 Å². The van der Waals surface area contributed by atoms with Gasteiger partial charge in [0, 0.05) is 35.0 Å². The fraction of sp³-hybridized carbons (Fsp3) is 0.619. The highest BCUT2D eigenvalue weighted by Gasteiger charge is 2.74. The molecule has 1 aliphatic heterocycles. The lowest BCUT2D eigenvalue weighted by atomic mass is 9.32. The van der Waals surface area contributed by atoms with E-state index in [1.807, 2.05) is 23.1 Å². The van der Waals surface area contributed by atoms with E-state index in [1.54, 1.807) is 32.6 Å². The molecule has 7 aliphatic rings. The number of fused-ring (bicyclic) bond motifs is 1. The van der Waals surface area contributed by atoms with Crippen molar-refractivity contribution in [3.05, 3.63) is 71.7 Å². The third-order valence-corrected chi connectivity index (χ3v) is 14.8. The van der Waals surface area contributed by atoms with Gasteiger partial charge in [-0.15, -0.1) is 0 Å². The molecule has 2 bridgehead atoms. The monoisotopic (exact) mass is 699 g/mol. The Kier molecular flexibility index (Phi) is 8.39. The van der Waals surface area contributed by atoms with Crippen LogP contribution in [0.4, 0.5) is 0 Å². The maximum atomic E-state index is 14.5. The highest BCUT2D eigenvalue weighted by Crippen LogP contribution is 2.78. The van der Waals surface area contributed by atoms with Crippen LogP contribution in [0.15, 0.2) is 64.8 Å². The molecule has 1 unspecified atom stereocenters. The van der Waals surface area contributed by atoms with Crippen LogP contribution in [0.1, 0.15) is 87.8 Å². The first-order valence-corrected chi connectivity index (χ1v) is 18.9. The Bertz CT molecular complexity index is 1740. The Labute approximate surface area is 301 Å². The molecule has 0 radical (unpaired) electrons. The number of benzene rings is 1. The minimum absolute atomic E-state index is 0.0253. The van der Waals surface area contributed by atoms with Crippen LogP contribution in [0.2, 0.25) is 0 Å². The molecular formula is C42H53NO8. The van der Waals surface area contributed by atoms with Crippen molar-refractivity contribution < 1.29 is 38.4 Å². The number of methoxy groups -OCH3 is 2. The summed E-state index contributed by atoms with van der Waals surface area (Å²) >= 11 is 0. The van der Waals surface area contributed by atoms with E-state index in [0.717, 1.165) is 56.1 Å². The second kappa shape index (κ2) is 12.3. The number of carbonyl (C=O) groups excluding carboxylic acids is 2. The summed E-state index contributed by atoms with van der Waals surface area (Å²) in [4.78, 5) is 30.7. The summed E-state index contributed by atoms with van der Waals surface area (Å²) in [5.74, 6) is 1.49. The average molecular weight is 700 g/mol. The van der Waals surface area contributed by atoms with Gasteiger partial charge in [-0.05, 0) is 105 Å². The Morgan fingerprint density at radius 1 is 0.961 bits per heavy atom. The summed E-state index contributed by atoms with van der Waals surface area (Å²) in [5, 5.41) is 24.0. The third kappa shape index (κ3) is 5.04. The van der Waals surface area contributed by atoms with Crippen molar-refractivity contribution in [1.29, 1.82) is 0 Å². The van der Waals surface area contributed by atoms with Crippen LogP contribution in [0.3, 0.4) is 0 Å². The second-order valence-electron chi connectivity index (χ2n) is 16.9. The molecule has 2 spiro atoms. The highest BCUT2D eigenvalue weighted by molar-refractivity contribution is 6.08. The third-order valence-electron chi connectivity index (χ3n) is 14.8. The molecule has 1 amide bonds. The largest absolute Gasteiger partial charge is 0.493 e. The summed E-state index contributed by atoms with van der Waals surface area (Å²) in [6, 6.07) is 9.05. The first kappa shape index (κ1) is 34.7. The number of ketones is 1. The predicted octanol–water partition coefficient (Wildman–Crippen LogP) is 6.32. The van der Waals surface area contributed by atoms with Gasteiger partial charge in [0.05, 0.1) is 51.3 Å². The topological polar surface area (TPSA) is 119 Å². The van der Waals surface area contributed by atoms with Gasteiger partial charge in [-0.1, -0.05) is 38.1 Å². The minimum Gasteiger partial charge on any atom is -0.493 e. The van der Waals surface area contributed by atoms with Crippen LogP contribution in [-0.2, 0) is 16.0 Å². The lowest BCUT2D eigenvalue weighted by Crippen LogP contribution is -2.67. The quantitative estimate of drug-likeness (QED) is 0.219. The van der Waals surface area contributed by atoms with Crippen molar-refractivity contribution in [2.45, 2.75) is 95.9 Å². The zero-order valence-corrected chi connectivity index (χ0v) is 30.5. The molecule has 2 N–H and O–H groups in total. The fourth-order valence-corrected chi connectivity index (χ4v) is 12.0. The van der Waals surface area contributed by atoms with Gasteiger partial charge < -0.3 is 33.7 Å². The molecule has 51 heavy (non-hydrogen) atoms. The van der Waals surface area contributed by atoms with Gasteiger partial charge in [0.1, 0.15) is 0 Å². The van der Waals surface area contributed by atoms with Gasteiger partial charge in [-0.2, -0.15) is 0 Å². The Morgan fingerprint density at radius 3 is 2.45 bits per heavy atom. The normalized spacial score (nSPS) is 39.1. The molecule has 2 aromatic rings. The molecule has 1 saturated heterocycles. The molecule has 9 rings (SSSR count). The lowest BCUT2D eigenvalue weighted by Gasteiger charge is -2.71. The van der Waals surface area contributed by atoms with Gasteiger partial charge in [-0.3, -0.25) is 9.59 Å². The molecule has 4 fully saturated rings. The van der Waals surface area contributed by atoms with E-state index >= 15 is 0 Å². The summed E-state index contributed by atoms with van der Waals surface area (Å²) in [5.41, 5.74) is -1.31. The van der Waals surface area contributed by atoms with Crippen LogP contribution in [0.25, 0.3) is 0 Å². The number of nitrogens with zero attached hydrogens (tertiary/aromatic N) is 1. The van der Waals surface area contributed by atoms with Crippen LogP contribution in [-0.4, -0.2) is 78.5 Å². The van der Waals surface area contributed by atoms with E-state index < -0.39 is 27.9 Å². The maximum Gasteiger partial charge on any atom is 0.227 e. The maximum absolute atomic E-state index is 14.5. The summed E-state index contributed by atoms with van der Waals surface area (Å²) in [7, 11) is 3.18. The molecule has 1 aromatic carbocycles. The van der Waals surface area contributed by atoms with E-state index in [9.17, 15) is 19.8 Å². The van der Waals surface area contributed by atoms with E-state index in [1.165, 1.54) is 0 Å². The van der Waals surface area contributed by atoms with Gasteiger partial charge in [0.25, 0.3) is 0 Å². The van der Waals surface area contributed by atoms with Crippen molar-refractivity contribution in [3.8, 4) is 11.5 Å². The Morgan fingerprint density at radius 2 is 1.73 bits per heavy atom. The van der Waals surface area contributed by atoms with E-state index in [4.69, 9.17) is 18.6 Å². The molecule has 9 nitrogen and oxygen atoms in total. The van der Waals surface area contributed by atoms with E-state index in [-0.39, 0.29) is 48.0 Å².